The van der Waals surface area contributed by atoms with Crippen molar-refractivity contribution >= 4 is 23.4 Å². The van der Waals surface area contributed by atoms with Crippen LogP contribution < -0.4 is 4.90 Å². The molecule has 0 radical (unpaired) electrons. The molecule has 0 aromatic carbocycles. The molecule has 1 fully saturated rings. The van der Waals surface area contributed by atoms with Gasteiger partial charge in [-0.15, -0.1) is 0 Å². The lowest BCUT2D eigenvalue weighted by Gasteiger charge is -2.31. The number of anilines is 1. The van der Waals surface area contributed by atoms with Crippen molar-refractivity contribution in [2.75, 3.05) is 24.6 Å². The van der Waals surface area contributed by atoms with Gasteiger partial charge in [0.25, 0.3) is 0 Å². The highest BCUT2D eigenvalue weighted by Gasteiger charge is 2.26. The van der Waals surface area contributed by atoms with Crippen molar-refractivity contribution in [2.45, 2.75) is 12.8 Å². The predicted octanol–water partition coefficient (Wildman–Crippen LogP) is 2.47. The Hall–Kier alpha value is -2.06. The zero-order valence-corrected chi connectivity index (χ0v) is 12.3. The zero-order chi connectivity index (χ0) is 15.2. The van der Waals surface area contributed by atoms with E-state index in [0.29, 0.717) is 10.6 Å². The number of nitriles is 1. The molecule has 0 amide bonds. The molecule has 0 saturated carbocycles. The first-order chi connectivity index (χ1) is 10.1. The van der Waals surface area contributed by atoms with Crippen LogP contribution in [0.3, 0.4) is 0 Å². The summed E-state index contributed by atoms with van der Waals surface area (Å²) in [7, 11) is 0. The van der Waals surface area contributed by atoms with Crippen LogP contribution in [0.5, 0.6) is 0 Å². The summed E-state index contributed by atoms with van der Waals surface area (Å²) in [6, 6.07) is 5.61. The number of carbonyl (C=O) groups excluding carboxylic acids is 1. The minimum absolute atomic E-state index is 0.0672. The zero-order valence-electron chi connectivity index (χ0n) is 11.6. The third-order valence-electron chi connectivity index (χ3n) is 3.40. The van der Waals surface area contributed by atoms with Gasteiger partial charge >= 0.3 is 5.97 Å². The van der Waals surface area contributed by atoms with E-state index < -0.39 is 0 Å². The summed E-state index contributed by atoms with van der Waals surface area (Å²) in [6.07, 6.45) is 2.99. The first kappa shape index (κ1) is 15.3. The molecule has 6 heteroatoms. The molecule has 21 heavy (non-hydrogen) atoms. The molecule has 1 aliphatic heterocycles. The van der Waals surface area contributed by atoms with Gasteiger partial charge in [0.05, 0.1) is 11.5 Å². The fourth-order valence-electron chi connectivity index (χ4n) is 2.25. The topological polar surface area (TPSA) is 66.2 Å². The number of pyridine rings is 1. The number of piperidine rings is 1. The number of ether oxygens (including phenoxy) is 1. The number of aromatic nitrogens is 1. The van der Waals surface area contributed by atoms with Crippen LogP contribution in [-0.2, 0) is 9.53 Å². The quantitative estimate of drug-likeness (QED) is 0.799. The van der Waals surface area contributed by atoms with E-state index in [1.54, 1.807) is 12.3 Å². The van der Waals surface area contributed by atoms with Crippen molar-refractivity contribution in [3.8, 4) is 6.07 Å². The Morgan fingerprint density at radius 1 is 1.52 bits per heavy atom. The van der Waals surface area contributed by atoms with E-state index in [1.165, 1.54) is 0 Å². The van der Waals surface area contributed by atoms with Crippen LogP contribution in [-0.4, -0.2) is 30.6 Å². The molecular weight excluding hydrogens is 290 g/mol. The first-order valence-corrected chi connectivity index (χ1v) is 7.09. The Morgan fingerprint density at radius 2 is 2.24 bits per heavy atom. The molecule has 1 aliphatic rings. The SMILES string of the molecule is C=C(Cl)COC(=O)C1CCN(c2ccc(C#N)cn2)CC1. The van der Waals surface area contributed by atoms with Crippen LogP contribution in [0.4, 0.5) is 5.82 Å². The second kappa shape index (κ2) is 7.09. The number of esters is 1. The average Bonchev–Trinajstić information content (AvgIpc) is 2.53. The minimum Gasteiger partial charge on any atom is -0.460 e. The van der Waals surface area contributed by atoms with Gasteiger partial charge in [0.15, 0.2) is 0 Å². The number of carbonyl (C=O) groups is 1. The van der Waals surface area contributed by atoms with Crippen molar-refractivity contribution < 1.29 is 9.53 Å². The molecule has 110 valence electrons. The molecular formula is C15H16ClN3O2. The van der Waals surface area contributed by atoms with Gasteiger partial charge in [0.2, 0.25) is 0 Å². The lowest BCUT2D eigenvalue weighted by Crippen LogP contribution is -2.37. The first-order valence-electron chi connectivity index (χ1n) is 6.71. The van der Waals surface area contributed by atoms with Crippen LogP contribution >= 0.6 is 11.6 Å². The van der Waals surface area contributed by atoms with Gasteiger partial charge in [0, 0.05) is 24.3 Å². The maximum atomic E-state index is 11.8. The highest BCUT2D eigenvalue weighted by molar-refractivity contribution is 6.29. The molecule has 1 saturated heterocycles. The maximum absolute atomic E-state index is 11.8. The van der Waals surface area contributed by atoms with Crippen LogP contribution in [0.1, 0.15) is 18.4 Å². The molecule has 0 N–H and O–H groups in total. The van der Waals surface area contributed by atoms with E-state index in [4.69, 9.17) is 21.6 Å². The molecule has 0 spiro atoms. The molecule has 5 nitrogen and oxygen atoms in total. The largest absolute Gasteiger partial charge is 0.460 e. The minimum atomic E-state index is -0.218. The van der Waals surface area contributed by atoms with Gasteiger partial charge in [-0.3, -0.25) is 4.79 Å². The third kappa shape index (κ3) is 4.20. The Kier molecular flexibility index (Phi) is 5.18. The number of halogens is 1. The molecule has 0 unspecified atom stereocenters. The molecule has 0 bridgehead atoms. The van der Waals surface area contributed by atoms with E-state index >= 15 is 0 Å². The third-order valence-corrected chi connectivity index (χ3v) is 3.51. The van der Waals surface area contributed by atoms with E-state index in [1.807, 2.05) is 12.1 Å². The van der Waals surface area contributed by atoms with E-state index in [2.05, 4.69) is 16.5 Å². The number of hydrogen-bond acceptors (Lipinski definition) is 5. The van der Waals surface area contributed by atoms with Crippen molar-refractivity contribution in [3.05, 3.63) is 35.5 Å². The van der Waals surface area contributed by atoms with Crippen molar-refractivity contribution in [2.24, 2.45) is 5.92 Å². The molecule has 1 aromatic rings. The molecule has 1 aromatic heterocycles. The standard InChI is InChI=1S/C15H16ClN3O2/c1-11(16)10-21-15(20)13-4-6-19(7-5-13)14-3-2-12(8-17)9-18-14/h2-3,9,13H,1,4-7,10H2. The second-order valence-electron chi connectivity index (χ2n) is 4.90. The molecule has 0 atom stereocenters. The fraction of sp³-hybridized carbons (Fsp3) is 0.400. The van der Waals surface area contributed by atoms with Crippen LogP contribution in [0.15, 0.2) is 29.9 Å². The van der Waals surface area contributed by atoms with Crippen molar-refractivity contribution in [1.82, 2.24) is 4.98 Å². The van der Waals surface area contributed by atoms with Gasteiger partial charge in [-0.25, -0.2) is 4.98 Å². The summed E-state index contributed by atoms with van der Waals surface area (Å²) in [6.45, 7) is 5.03. The van der Waals surface area contributed by atoms with Gasteiger partial charge in [-0.05, 0) is 25.0 Å². The summed E-state index contributed by atoms with van der Waals surface area (Å²) < 4.78 is 5.07. The highest BCUT2D eigenvalue weighted by atomic mass is 35.5. The fourth-order valence-corrected chi connectivity index (χ4v) is 2.31. The smallest absolute Gasteiger partial charge is 0.309 e. The van der Waals surface area contributed by atoms with Gasteiger partial charge in [0.1, 0.15) is 18.5 Å². The Labute approximate surface area is 128 Å². The van der Waals surface area contributed by atoms with Crippen LogP contribution in [0.2, 0.25) is 0 Å². The molecule has 0 aliphatic carbocycles. The molecule has 2 heterocycles. The summed E-state index contributed by atoms with van der Waals surface area (Å²) in [5, 5.41) is 9.08. The Bertz CT molecular complexity index is 557. The lowest BCUT2D eigenvalue weighted by atomic mass is 9.97. The van der Waals surface area contributed by atoms with Gasteiger partial charge in [-0.2, -0.15) is 5.26 Å². The Morgan fingerprint density at radius 3 is 2.76 bits per heavy atom. The van der Waals surface area contributed by atoms with Crippen LogP contribution in [0, 0.1) is 17.2 Å². The van der Waals surface area contributed by atoms with Gasteiger partial charge in [-0.1, -0.05) is 18.2 Å². The van der Waals surface area contributed by atoms with E-state index in [9.17, 15) is 4.79 Å². The summed E-state index contributed by atoms with van der Waals surface area (Å²) in [5.41, 5.74) is 0.540. The Balaban J connectivity index is 1.86. The van der Waals surface area contributed by atoms with Crippen molar-refractivity contribution in [3.63, 3.8) is 0 Å². The second-order valence-corrected chi connectivity index (χ2v) is 5.44. The summed E-state index contributed by atoms with van der Waals surface area (Å²) >= 11 is 5.58. The van der Waals surface area contributed by atoms with E-state index in [0.717, 1.165) is 31.7 Å². The van der Waals surface area contributed by atoms with E-state index in [-0.39, 0.29) is 18.5 Å². The van der Waals surface area contributed by atoms with Crippen molar-refractivity contribution in [1.29, 1.82) is 5.26 Å². The summed E-state index contributed by atoms with van der Waals surface area (Å²) in [5.74, 6) is 0.509. The highest BCUT2D eigenvalue weighted by Crippen LogP contribution is 2.23. The van der Waals surface area contributed by atoms with Crippen LogP contribution in [0.25, 0.3) is 0 Å². The molecule has 2 rings (SSSR count). The monoisotopic (exact) mass is 305 g/mol. The lowest BCUT2D eigenvalue weighted by molar-refractivity contribution is -0.148. The maximum Gasteiger partial charge on any atom is 0.309 e. The number of hydrogen-bond donors (Lipinski definition) is 0. The summed E-state index contributed by atoms with van der Waals surface area (Å²) in [4.78, 5) is 18.2. The van der Waals surface area contributed by atoms with Gasteiger partial charge < -0.3 is 9.64 Å². The predicted molar refractivity (Wildman–Crippen MR) is 79.8 cm³/mol. The number of rotatable bonds is 4. The number of nitrogens with zero attached hydrogens (tertiary/aromatic N) is 3. The average molecular weight is 306 g/mol. The normalized spacial score (nSPS) is 15.3.